The van der Waals surface area contributed by atoms with E-state index >= 15 is 4.39 Å². The van der Waals surface area contributed by atoms with Crippen LogP contribution in [0.2, 0.25) is 0 Å². The fourth-order valence-corrected chi connectivity index (χ4v) is 7.09. The molecule has 0 radical (unpaired) electrons. The Labute approximate surface area is 274 Å². The van der Waals surface area contributed by atoms with Crippen LogP contribution in [0.1, 0.15) is 58.4 Å². The number of ether oxygens (including phenoxy) is 1. The Morgan fingerprint density at radius 3 is 2.60 bits per heavy atom. The zero-order valence-electron chi connectivity index (χ0n) is 27.0. The smallest absolute Gasteiger partial charge is 0.264 e. The first-order valence-corrected chi connectivity index (χ1v) is 16.5. The summed E-state index contributed by atoms with van der Waals surface area (Å²) in [6, 6.07) is 15.8. The molecule has 0 bridgehead atoms. The van der Waals surface area contributed by atoms with Gasteiger partial charge < -0.3 is 20.3 Å². The molecular formula is C36H41FN8O2. The van der Waals surface area contributed by atoms with E-state index in [0.717, 1.165) is 58.2 Å². The first kappa shape index (κ1) is 32.1. The van der Waals surface area contributed by atoms with Crippen molar-refractivity contribution in [3.05, 3.63) is 72.3 Å². The van der Waals surface area contributed by atoms with Crippen LogP contribution in [-0.2, 0) is 4.79 Å². The van der Waals surface area contributed by atoms with Gasteiger partial charge in [-0.25, -0.2) is 19.0 Å². The number of amides is 1. The number of hydrogen-bond acceptors (Lipinski definition) is 8. The van der Waals surface area contributed by atoms with Gasteiger partial charge in [0.05, 0.1) is 11.4 Å². The number of halogens is 1. The lowest BCUT2D eigenvalue weighted by Gasteiger charge is -2.34. The van der Waals surface area contributed by atoms with Crippen molar-refractivity contribution in [1.82, 2.24) is 29.5 Å². The van der Waals surface area contributed by atoms with Gasteiger partial charge in [0, 0.05) is 36.7 Å². The summed E-state index contributed by atoms with van der Waals surface area (Å²) in [5.74, 6) is 0.357. The number of aromatic nitrogens is 4. The molecule has 10 nitrogen and oxygen atoms in total. The third kappa shape index (κ3) is 6.69. The second-order valence-electron chi connectivity index (χ2n) is 12.6. The van der Waals surface area contributed by atoms with Crippen molar-refractivity contribution in [3.63, 3.8) is 0 Å². The maximum atomic E-state index is 15.7. The molecule has 47 heavy (non-hydrogen) atoms. The number of benzene rings is 2. The first-order chi connectivity index (χ1) is 22.8. The molecule has 1 saturated carbocycles. The van der Waals surface area contributed by atoms with Crippen molar-refractivity contribution in [2.75, 3.05) is 38.5 Å². The number of nitrogens with zero attached hydrogens (tertiary/aromatic N) is 7. The quantitative estimate of drug-likeness (QED) is 0.154. The van der Waals surface area contributed by atoms with Gasteiger partial charge in [-0.1, -0.05) is 51.0 Å². The summed E-state index contributed by atoms with van der Waals surface area (Å²) in [5.41, 5.74) is 7.40. The number of nitrogens with two attached hydrogens (primary N) is 1. The highest BCUT2D eigenvalue weighted by molar-refractivity contribution is 5.99. The molecule has 244 valence electrons. The second kappa shape index (κ2) is 13.9. The van der Waals surface area contributed by atoms with E-state index in [1.807, 2.05) is 24.3 Å². The zero-order chi connectivity index (χ0) is 33.0. The molecule has 0 unspecified atom stereocenters. The number of rotatable bonds is 10. The molecule has 2 aromatic heterocycles. The van der Waals surface area contributed by atoms with Crippen LogP contribution in [0, 0.1) is 22.6 Å². The van der Waals surface area contributed by atoms with E-state index in [1.165, 1.54) is 12.4 Å². The molecule has 1 saturated heterocycles. The number of hydrogen-bond donors (Lipinski definition) is 1. The van der Waals surface area contributed by atoms with Crippen LogP contribution in [0.4, 0.5) is 10.2 Å². The van der Waals surface area contributed by atoms with Gasteiger partial charge in [-0.3, -0.25) is 4.79 Å². The van der Waals surface area contributed by atoms with Crippen molar-refractivity contribution in [1.29, 1.82) is 5.26 Å². The average Bonchev–Trinajstić information content (AvgIpc) is 3.72. The van der Waals surface area contributed by atoms with E-state index in [4.69, 9.17) is 15.6 Å². The molecule has 11 heteroatoms. The summed E-state index contributed by atoms with van der Waals surface area (Å²) in [4.78, 5) is 26.7. The summed E-state index contributed by atoms with van der Waals surface area (Å²) < 4.78 is 23.2. The number of para-hydroxylation sites is 1. The Balaban J connectivity index is 1.28. The molecule has 1 aliphatic heterocycles. The van der Waals surface area contributed by atoms with Crippen molar-refractivity contribution in [2.24, 2.45) is 5.41 Å². The SMILES string of the molecule is CCN(CC)CC1(C=C(C#N)C(=O)N2CCC[C@H](n3nc(-c4ccc(Oc5ccccc5)cc4F)c4c(N)ncnc43)C2)CCCC1. The van der Waals surface area contributed by atoms with Crippen LogP contribution in [-0.4, -0.2) is 68.2 Å². The highest BCUT2D eigenvalue weighted by atomic mass is 19.1. The molecular weight excluding hydrogens is 595 g/mol. The third-order valence-corrected chi connectivity index (χ3v) is 9.56. The van der Waals surface area contributed by atoms with Crippen LogP contribution in [0.5, 0.6) is 11.5 Å². The standard InChI is InChI=1S/C36H41FN8O2/c1-3-43(4-2)23-36(16-8-9-17-36)20-25(21-38)35(46)44-18-10-11-26(22-44)45-34-31(33(39)40-24-41-34)32(42-45)29-15-14-28(19-30(29)37)47-27-12-6-5-7-13-27/h5-7,12-15,19-20,24,26H,3-4,8-11,16-18,22-23H2,1-2H3,(H2,39,40,41)/t26-/m0/s1. The van der Waals surface area contributed by atoms with Crippen molar-refractivity contribution in [2.45, 2.75) is 58.4 Å². The average molecular weight is 637 g/mol. The molecule has 0 spiro atoms. The van der Waals surface area contributed by atoms with E-state index in [1.54, 1.807) is 33.8 Å². The summed E-state index contributed by atoms with van der Waals surface area (Å²) >= 11 is 0. The summed E-state index contributed by atoms with van der Waals surface area (Å²) in [5, 5.41) is 15.5. The van der Waals surface area contributed by atoms with Gasteiger partial charge in [0.15, 0.2) is 5.65 Å². The lowest BCUT2D eigenvalue weighted by atomic mass is 9.83. The predicted octanol–water partition coefficient (Wildman–Crippen LogP) is 6.52. The van der Waals surface area contributed by atoms with Crippen molar-refractivity contribution in [3.8, 4) is 28.8 Å². The maximum absolute atomic E-state index is 15.7. The highest BCUT2D eigenvalue weighted by Crippen LogP contribution is 2.42. The van der Waals surface area contributed by atoms with Crippen LogP contribution in [0.25, 0.3) is 22.3 Å². The molecule has 2 N–H and O–H groups in total. The van der Waals surface area contributed by atoms with Gasteiger partial charge in [-0.2, -0.15) is 10.4 Å². The van der Waals surface area contributed by atoms with Gasteiger partial charge in [0.2, 0.25) is 0 Å². The van der Waals surface area contributed by atoms with Gasteiger partial charge in [-0.05, 0) is 63.0 Å². The topological polar surface area (TPSA) is 126 Å². The molecule has 1 atom stereocenters. The highest BCUT2D eigenvalue weighted by Gasteiger charge is 2.36. The Hall–Kier alpha value is -4.82. The molecule has 1 aliphatic carbocycles. The summed E-state index contributed by atoms with van der Waals surface area (Å²) in [6.45, 7) is 7.88. The molecule has 3 heterocycles. The molecule has 1 amide bonds. The van der Waals surface area contributed by atoms with Crippen LogP contribution in [0.15, 0.2) is 66.5 Å². The minimum absolute atomic E-state index is 0.171. The molecule has 2 aromatic carbocycles. The monoisotopic (exact) mass is 636 g/mol. The van der Waals surface area contributed by atoms with E-state index in [-0.39, 0.29) is 34.3 Å². The zero-order valence-corrected chi connectivity index (χ0v) is 27.0. The number of carbonyl (C=O) groups excluding carboxylic acids is 1. The molecule has 4 aromatic rings. The molecule has 6 rings (SSSR count). The Bertz CT molecular complexity index is 1800. The van der Waals surface area contributed by atoms with Crippen LogP contribution < -0.4 is 10.5 Å². The number of nitrogen functional groups attached to an aromatic ring is 1. The first-order valence-electron chi connectivity index (χ1n) is 16.5. The van der Waals surface area contributed by atoms with E-state index in [2.05, 4.69) is 34.8 Å². The minimum atomic E-state index is -0.525. The predicted molar refractivity (Wildman–Crippen MR) is 179 cm³/mol. The Morgan fingerprint density at radius 2 is 1.89 bits per heavy atom. The van der Waals surface area contributed by atoms with Gasteiger partial charge >= 0.3 is 0 Å². The van der Waals surface area contributed by atoms with Crippen LogP contribution in [0.3, 0.4) is 0 Å². The lowest BCUT2D eigenvalue weighted by molar-refractivity contribution is -0.128. The maximum Gasteiger partial charge on any atom is 0.264 e. The van der Waals surface area contributed by atoms with Gasteiger partial charge in [-0.15, -0.1) is 0 Å². The Morgan fingerprint density at radius 1 is 1.13 bits per heavy atom. The number of carbonyl (C=O) groups is 1. The van der Waals surface area contributed by atoms with Gasteiger partial charge in [0.25, 0.3) is 5.91 Å². The number of likely N-dealkylation sites (tertiary alicyclic amines) is 1. The number of anilines is 1. The fourth-order valence-electron chi connectivity index (χ4n) is 7.09. The van der Waals surface area contributed by atoms with E-state index in [9.17, 15) is 10.1 Å². The van der Waals surface area contributed by atoms with E-state index in [0.29, 0.717) is 41.3 Å². The fraction of sp³-hybridized carbons (Fsp3) is 0.417. The summed E-state index contributed by atoms with van der Waals surface area (Å²) in [6.07, 6.45) is 8.93. The number of nitriles is 1. The Kier molecular flexibility index (Phi) is 9.50. The largest absolute Gasteiger partial charge is 0.457 e. The second-order valence-corrected chi connectivity index (χ2v) is 12.6. The minimum Gasteiger partial charge on any atom is -0.457 e. The number of piperidine rings is 1. The van der Waals surface area contributed by atoms with Gasteiger partial charge in [0.1, 0.15) is 46.8 Å². The third-order valence-electron chi connectivity index (χ3n) is 9.56. The number of fused-ring (bicyclic) bond motifs is 1. The van der Waals surface area contributed by atoms with Crippen molar-refractivity contribution < 1.29 is 13.9 Å². The molecule has 2 fully saturated rings. The van der Waals surface area contributed by atoms with Crippen molar-refractivity contribution >= 4 is 22.8 Å². The molecule has 2 aliphatic rings. The van der Waals surface area contributed by atoms with Crippen LogP contribution >= 0.6 is 0 Å². The van der Waals surface area contributed by atoms with E-state index < -0.39 is 5.82 Å². The normalized spacial score (nSPS) is 18.1. The lowest BCUT2D eigenvalue weighted by Crippen LogP contribution is -2.42. The summed E-state index contributed by atoms with van der Waals surface area (Å²) in [7, 11) is 0.